The molecule has 2 aromatic rings. The van der Waals surface area contributed by atoms with Gasteiger partial charge in [0.1, 0.15) is 5.75 Å². The first-order valence-corrected chi connectivity index (χ1v) is 9.82. The normalized spacial score (nSPS) is 12.9. The third-order valence-electron chi connectivity index (χ3n) is 4.04. The van der Waals surface area contributed by atoms with Crippen molar-refractivity contribution in [2.24, 2.45) is 0 Å². The molecule has 0 radical (unpaired) electrons. The summed E-state index contributed by atoms with van der Waals surface area (Å²) >= 11 is 0. The summed E-state index contributed by atoms with van der Waals surface area (Å²) < 4.78 is 67.5. The van der Waals surface area contributed by atoms with E-state index in [1.807, 2.05) is 5.32 Å². The summed E-state index contributed by atoms with van der Waals surface area (Å²) in [5.74, 6) is -1.71. The summed E-state index contributed by atoms with van der Waals surface area (Å²) in [6.45, 7) is 1.40. The van der Waals surface area contributed by atoms with Crippen LogP contribution in [0.4, 0.5) is 13.2 Å². The Morgan fingerprint density at radius 1 is 1.17 bits per heavy atom. The first-order chi connectivity index (χ1) is 13.5. The van der Waals surface area contributed by atoms with E-state index < -0.39 is 28.0 Å². The molecule has 1 N–H and O–H groups in total. The molecule has 0 aromatic heterocycles. The second-order valence-corrected chi connectivity index (χ2v) is 8.16. The maximum atomic E-state index is 12.8. The first-order valence-electron chi connectivity index (χ1n) is 8.34. The monoisotopic (exact) mass is 429 g/mol. The number of carbonyl (C=O) groups excluding carboxylic acids is 2. The summed E-state index contributed by atoms with van der Waals surface area (Å²) in [6, 6.07) is 8.64. The van der Waals surface area contributed by atoms with Gasteiger partial charge in [-0.3, -0.25) is 9.59 Å². The number of hydrogen-bond acceptors (Lipinski definition) is 5. The van der Waals surface area contributed by atoms with E-state index in [1.54, 1.807) is 0 Å². The number of aldehydes is 1. The van der Waals surface area contributed by atoms with Gasteiger partial charge in [0.15, 0.2) is 6.29 Å². The molecule has 0 fully saturated rings. The van der Waals surface area contributed by atoms with Gasteiger partial charge in [-0.2, -0.15) is 13.2 Å². The van der Waals surface area contributed by atoms with Gasteiger partial charge >= 0.3 is 12.1 Å². The van der Waals surface area contributed by atoms with Crippen LogP contribution in [0.2, 0.25) is 0 Å². The van der Waals surface area contributed by atoms with E-state index in [1.165, 1.54) is 56.5 Å². The fourth-order valence-electron chi connectivity index (χ4n) is 2.63. The minimum absolute atomic E-state index is 0.0584. The number of halogens is 3. The SMILES string of the molecule is COc1ccc(S(=O)(=O)c2ccc(C[C@@H](C)NC(=O)C(F)(F)F)cc2)c(C=O)c1. The van der Waals surface area contributed by atoms with Crippen molar-refractivity contribution in [2.45, 2.75) is 35.4 Å². The molecule has 0 bridgehead atoms. The van der Waals surface area contributed by atoms with Gasteiger partial charge in [0, 0.05) is 11.6 Å². The van der Waals surface area contributed by atoms with Crippen molar-refractivity contribution in [3.8, 4) is 5.75 Å². The van der Waals surface area contributed by atoms with E-state index >= 15 is 0 Å². The smallest absolute Gasteiger partial charge is 0.471 e. The lowest BCUT2D eigenvalue weighted by atomic mass is 10.1. The highest BCUT2D eigenvalue weighted by atomic mass is 32.2. The van der Waals surface area contributed by atoms with Crippen LogP contribution in [0.5, 0.6) is 5.75 Å². The first kappa shape index (κ1) is 22.4. The molecule has 0 aliphatic carbocycles. The van der Waals surface area contributed by atoms with Crippen molar-refractivity contribution < 1.29 is 35.9 Å². The van der Waals surface area contributed by atoms with Crippen LogP contribution in [0.1, 0.15) is 22.8 Å². The molecule has 29 heavy (non-hydrogen) atoms. The fraction of sp³-hybridized carbons (Fsp3) is 0.263. The molecule has 10 heteroatoms. The zero-order valence-corrected chi connectivity index (χ0v) is 16.3. The van der Waals surface area contributed by atoms with Crippen LogP contribution in [0.3, 0.4) is 0 Å². The van der Waals surface area contributed by atoms with E-state index in [9.17, 15) is 31.2 Å². The predicted octanol–water partition coefficient (Wildman–Crippen LogP) is 2.95. The molecule has 1 atom stereocenters. The summed E-state index contributed by atoms with van der Waals surface area (Å²) in [4.78, 5) is 22.0. The van der Waals surface area contributed by atoms with Crippen LogP contribution in [-0.2, 0) is 21.1 Å². The molecule has 0 unspecified atom stereocenters. The third kappa shape index (κ3) is 5.35. The van der Waals surface area contributed by atoms with E-state index in [-0.39, 0.29) is 21.8 Å². The molecule has 6 nitrogen and oxygen atoms in total. The van der Waals surface area contributed by atoms with Gasteiger partial charge in [-0.25, -0.2) is 8.42 Å². The van der Waals surface area contributed by atoms with Crippen molar-refractivity contribution in [3.63, 3.8) is 0 Å². The van der Waals surface area contributed by atoms with E-state index in [2.05, 4.69) is 0 Å². The minimum Gasteiger partial charge on any atom is -0.497 e. The van der Waals surface area contributed by atoms with Crippen LogP contribution in [0.25, 0.3) is 0 Å². The molecular weight excluding hydrogens is 411 g/mol. The topological polar surface area (TPSA) is 89.5 Å². The number of methoxy groups -OCH3 is 1. The Kier molecular flexibility index (Phi) is 6.68. The highest BCUT2D eigenvalue weighted by Crippen LogP contribution is 2.27. The molecular formula is C19H18F3NO5S. The Labute approximate surface area is 165 Å². The van der Waals surface area contributed by atoms with E-state index in [0.29, 0.717) is 17.6 Å². The van der Waals surface area contributed by atoms with Gasteiger partial charge in [0.2, 0.25) is 9.84 Å². The van der Waals surface area contributed by atoms with Crippen molar-refractivity contribution in [1.29, 1.82) is 0 Å². The maximum Gasteiger partial charge on any atom is 0.471 e. The van der Waals surface area contributed by atoms with Gasteiger partial charge in [0.25, 0.3) is 0 Å². The Morgan fingerprint density at radius 3 is 2.31 bits per heavy atom. The number of rotatable bonds is 7. The Bertz CT molecular complexity index is 1000. The Morgan fingerprint density at radius 2 is 1.79 bits per heavy atom. The van der Waals surface area contributed by atoms with Crippen molar-refractivity contribution in [3.05, 3.63) is 53.6 Å². The van der Waals surface area contributed by atoms with Gasteiger partial charge in [-0.1, -0.05) is 12.1 Å². The number of alkyl halides is 3. The molecule has 0 saturated heterocycles. The molecule has 0 aliphatic rings. The van der Waals surface area contributed by atoms with Gasteiger partial charge in [-0.15, -0.1) is 0 Å². The van der Waals surface area contributed by atoms with E-state index in [4.69, 9.17) is 4.74 Å². The minimum atomic E-state index is -4.97. The second kappa shape index (κ2) is 8.64. The molecule has 0 aliphatic heterocycles. The molecule has 2 aromatic carbocycles. The number of nitrogens with one attached hydrogen (secondary N) is 1. The standard InChI is InChI=1S/C19H18F3NO5S/c1-12(23-18(25)19(20,21)22)9-13-3-6-16(7-4-13)29(26,27)17-8-5-15(28-2)10-14(17)11-24/h3-8,10-12H,9H2,1-2H3,(H,23,25)/t12-/m1/s1. The lowest BCUT2D eigenvalue weighted by Crippen LogP contribution is -2.42. The van der Waals surface area contributed by atoms with Crippen molar-refractivity contribution >= 4 is 22.0 Å². The molecule has 0 spiro atoms. The number of sulfone groups is 1. The zero-order chi connectivity index (χ0) is 21.8. The lowest BCUT2D eigenvalue weighted by molar-refractivity contribution is -0.174. The second-order valence-electron chi connectivity index (χ2n) is 6.25. The summed E-state index contributed by atoms with van der Waals surface area (Å²) in [6.07, 6.45) is -4.49. The third-order valence-corrected chi connectivity index (χ3v) is 5.89. The fourth-order valence-corrected chi connectivity index (χ4v) is 4.05. The van der Waals surface area contributed by atoms with Crippen LogP contribution in [0.15, 0.2) is 52.3 Å². The highest BCUT2D eigenvalue weighted by molar-refractivity contribution is 7.91. The van der Waals surface area contributed by atoms with Gasteiger partial charge < -0.3 is 10.1 Å². The van der Waals surface area contributed by atoms with Crippen molar-refractivity contribution in [2.75, 3.05) is 7.11 Å². The van der Waals surface area contributed by atoms with E-state index in [0.717, 1.165) is 0 Å². The largest absolute Gasteiger partial charge is 0.497 e. The Balaban J connectivity index is 2.21. The number of benzene rings is 2. The molecule has 0 saturated carbocycles. The molecule has 1 amide bonds. The average Bonchev–Trinajstić information content (AvgIpc) is 2.66. The molecule has 0 heterocycles. The summed E-state index contributed by atoms with van der Waals surface area (Å²) in [5, 5.41) is 1.83. The number of carbonyl (C=O) groups is 2. The average molecular weight is 429 g/mol. The number of hydrogen-bond donors (Lipinski definition) is 1. The van der Waals surface area contributed by atoms with Crippen LogP contribution in [-0.4, -0.2) is 39.9 Å². The molecule has 2 rings (SSSR count). The lowest BCUT2D eigenvalue weighted by Gasteiger charge is -2.15. The summed E-state index contributed by atoms with van der Waals surface area (Å²) in [5.41, 5.74) is 0.473. The highest BCUT2D eigenvalue weighted by Gasteiger charge is 2.39. The number of ether oxygens (including phenoxy) is 1. The van der Waals surface area contributed by atoms with Crippen LogP contribution < -0.4 is 10.1 Å². The Hall–Kier alpha value is -2.88. The predicted molar refractivity (Wildman–Crippen MR) is 97.6 cm³/mol. The van der Waals surface area contributed by atoms with Crippen molar-refractivity contribution in [1.82, 2.24) is 5.32 Å². The molecule has 156 valence electrons. The summed E-state index contributed by atoms with van der Waals surface area (Å²) in [7, 11) is -2.61. The van der Waals surface area contributed by atoms with Gasteiger partial charge in [0.05, 0.1) is 16.9 Å². The quantitative estimate of drug-likeness (QED) is 0.684. The van der Waals surface area contributed by atoms with Crippen LogP contribution in [0, 0.1) is 0 Å². The number of amides is 1. The van der Waals surface area contributed by atoms with Gasteiger partial charge in [-0.05, 0) is 49.2 Å². The van der Waals surface area contributed by atoms with Crippen LogP contribution >= 0.6 is 0 Å². The maximum absolute atomic E-state index is 12.8. The zero-order valence-electron chi connectivity index (χ0n) is 15.5.